The molecular formula is C19H20FN3O4. The van der Waals surface area contributed by atoms with Gasteiger partial charge in [0, 0.05) is 24.5 Å². The molecule has 3 aromatic rings. The van der Waals surface area contributed by atoms with E-state index < -0.39 is 22.8 Å². The molecule has 0 atom stereocenters. The fourth-order valence-corrected chi connectivity index (χ4v) is 3.39. The van der Waals surface area contributed by atoms with Gasteiger partial charge in [-0.3, -0.25) is 4.79 Å². The molecule has 0 amide bonds. The summed E-state index contributed by atoms with van der Waals surface area (Å²) < 4.78 is 16.6. The number of carboxylic acid groups (broad SMARTS) is 1. The summed E-state index contributed by atoms with van der Waals surface area (Å²) in [7, 11) is 3.50. The van der Waals surface area contributed by atoms with Gasteiger partial charge in [-0.25, -0.2) is 9.18 Å². The predicted molar refractivity (Wildman–Crippen MR) is 99.7 cm³/mol. The Labute approximate surface area is 154 Å². The summed E-state index contributed by atoms with van der Waals surface area (Å²) in [6.07, 6.45) is 0.290. The average Bonchev–Trinajstić information content (AvgIpc) is 2.86. The predicted octanol–water partition coefficient (Wildman–Crippen LogP) is 2.36. The lowest BCUT2D eigenvalue weighted by molar-refractivity contribution is 0.0691. The van der Waals surface area contributed by atoms with Crippen molar-refractivity contribution < 1.29 is 19.4 Å². The van der Waals surface area contributed by atoms with Gasteiger partial charge in [-0.15, -0.1) is 0 Å². The number of aromatic hydroxyl groups is 1. The topological polar surface area (TPSA) is 107 Å². The first kappa shape index (κ1) is 18.7. The average molecular weight is 373 g/mol. The standard InChI is InChI=1S/C19H20FN3O4/c1-4-10-16(22-18(25)14(17(10)24)19(26)27)9-5-6-12-11(7-9)15(20)13(8-21-2)23(12)3/h5-7,21H,4,8H2,1-3H3,(H,26,27)(H2,22,24,25). The Morgan fingerprint density at radius 3 is 2.67 bits per heavy atom. The number of fused-ring (bicyclic) bond motifs is 1. The number of hydrogen-bond donors (Lipinski definition) is 4. The van der Waals surface area contributed by atoms with Crippen LogP contribution in [0, 0.1) is 5.82 Å². The molecule has 27 heavy (non-hydrogen) atoms. The van der Waals surface area contributed by atoms with Gasteiger partial charge in [-0.05, 0) is 31.2 Å². The molecule has 0 radical (unpaired) electrons. The highest BCUT2D eigenvalue weighted by Crippen LogP contribution is 2.33. The van der Waals surface area contributed by atoms with Crippen molar-refractivity contribution >= 4 is 16.9 Å². The number of carboxylic acids is 1. The van der Waals surface area contributed by atoms with Crippen LogP contribution in [-0.2, 0) is 20.0 Å². The second-order valence-corrected chi connectivity index (χ2v) is 6.27. The molecule has 0 unspecified atom stereocenters. The zero-order valence-corrected chi connectivity index (χ0v) is 15.2. The van der Waals surface area contributed by atoms with Crippen LogP contribution in [0.2, 0.25) is 0 Å². The summed E-state index contributed by atoms with van der Waals surface area (Å²) in [6.45, 7) is 2.09. The minimum Gasteiger partial charge on any atom is -0.506 e. The molecular weight excluding hydrogens is 353 g/mol. The normalized spacial score (nSPS) is 11.3. The molecule has 142 valence electrons. The molecule has 2 aromatic heterocycles. The van der Waals surface area contributed by atoms with Crippen molar-refractivity contribution in [1.82, 2.24) is 14.9 Å². The number of nitrogens with one attached hydrogen (secondary N) is 2. The van der Waals surface area contributed by atoms with Crippen LogP contribution in [0.3, 0.4) is 0 Å². The lowest BCUT2D eigenvalue weighted by Crippen LogP contribution is -2.20. The smallest absolute Gasteiger partial charge is 0.345 e. The number of aryl methyl sites for hydroxylation is 1. The molecule has 0 aliphatic heterocycles. The molecule has 0 aliphatic carbocycles. The number of hydrogen-bond acceptors (Lipinski definition) is 4. The zero-order valence-electron chi connectivity index (χ0n) is 15.2. The molecule has 0 saturated carbocycles. The van der Waals surface area contributed by atoms with E-state index >= 15 is 0 Å². The van der Waals surface area contributed by atoms with Crippen LogP contribution in [0.15, 0.2) is 23.0 Å². The molecule has 0 bridgehead atoms. The van der Waals surface area contributed by atoms with Gasteiger partial charge in [-0.1, -0.05) is 13.0 Å². The maximum atomic E-state index is 14.8. The minimum atomic E-state index is -1.50. The van der Waals surface area contributed by atoms with Gasteiger partial charge in [0.2, 0.25) is 0 Å². The molecule has 0 fully saturated rings. The van der Waals surface area contributed by atoms with Crippen molar-refractivity contribution in [3.63, 3.8) is 0 Å². The summed E-state index contributed by atoms with van der Waals surface area (Å²) in [5.74, 6) is -2.43. The molecule has 0 saturated heterocycles. The Hall–Kier alpha value is -3.13. The second kappa shape index (κ2) is 6.88. The highest BCUT2D eigenvalue weighted by atomic mass is 19.1. The van der Waals surface area contributed by atoms with Crippen molar-refractivity contribution in [1.29, 1.82) is 0 Å². The molecule has 7 nitrogen and oxygen atoms in total. The number of aromatic carboxylic acids is 1. The van der Waals surface area contributed by atoms with Gasteiger partial charge in [0.05, 0.1) is 16.9 Å². The van der Waals surface area contributed by atoms with Crippen molar-refractivity contribution in [2.45, 2.75) is 19.9 Å². The number of carbonyl (C=O) groups is 1. The first-order valence-electron chi connectivity index (χ1n) is 8.44. The van der Waals surface area contributed by atoms with E-state index in [9.17, 15) is 19.1 Å². The Morgan fingerprint density at radius 2 is 2.07 bits per heavy atom. The van der Waals surface area contributed by atoms with Gasteiger partial charge in [0.15, 0.2) is 11.4 Å². The quantitative estimate of drug-likeness (QED) is 0.549. The van der Waals surface area contributed by atoms with Crippen LogP contribution in [0.5, 0.6) is 5.75 Å². The Kier molecular flexibility index (Phi) is 4.75. The highest BCUT2D eigenvalue weighted by molar-refractivity contribution is 5.93. The monoisotopic (exact) mass is 373 g/mol. The van der Waals surface area contributed by atoms with Crippen molar-refractivity contribution in [3.8, 4) is 17.0 Å². The summed E-state index contributed by atoms with van der Waals surface area (Å²) in [6, 6.07) is 5.02. The molecule has 0 spiro atoms. The minimum absolute atomic E-state index is 0.283. The second-order valence-electron chi connectivity index (χ2n) is 6.27. The van der Waals surface area contributed by atoms with E-state index in [-0.39, 0.29) is 17.1 Å². The largest absolute Gasteiger partial charge is 0.506 e. The fourth-order valence-electron chi connectivity index (χ4n) is 3.39. The number of rotatable bonds is 5. The van der Waals surface area contributed by atoms with Crippen molar-refractivity contribution in [2.75, 3.05) is 7.05 Å². The maximum absolute atomic E-state index is 14.8. The van der Waals surface area contributed by atoms with Gasteiger partial charge < -0.3 is 25.1 Å². The first-order chi connectivity index (χ1) is 12.8. The lowest BCUT2D eigenvalue weighted by atomic mass is 9.99. The van der Waals surface area contributed by atoms with E-state index in [1.54, 1.807) is 43.8 Å². The third-order valence-electron chi connectivity index (χ3n) is 4.74. The lowest BCUT2D eigenvalue weighted by Gasteiger charge is -2.12. The summed E-state index contributed by atoms with van der Waals surface area (Å²) >= 11 is 0. The summed E-state index contributed by atoms with van der Waals surface area (Å²) in [5, 5.41) is 22.7. The molecule has 8 heteroatoms. The van der Waals surface area contributed by atoms with Crippen LogP contribution in [0.25, 0.3) is 22.2 Å². The highest BCUT2D eigenvalue weighted by Gasteiger charge is 2.23. The number of aromatic amines is 1. The molecule has 1 aromatic carbocycles. The van der Waals surface area contributed by atoms with E-state index in [0.29, 0.717) is 35.1 Å². The number of aromatic nitrogens is 2. The third kappa shape index (κ3) is 2.87. The Morgan fingerprint density at radius 1 is 1.37 bits per heavy atom. The van der Waals surface area contributed by atoms with Crippen LogP contribution < -0.4 is 10.9 Å². The van der Waals surface area contributed by atoms with E-state index in [1.807, 2.05) is 0 Å². The van der Waals surface area contributed by atoms with Crippen molar-refractivity contribution in [3.05, 3.63) is 51.2 Å². The third-order valence-corrected chi connectivity index (χ3v) is 4.74. The number of benzene rings is 1. The maximum Gasteiger partial charge on any atom is 0.345 e. The number of H-pyrrole nitrogens is 1. The SMILES string of the molecule is CCc1c(-c2ccc3c(c2)c(F)c(CNC)n3C)[nH]c(=O)c(C(=O)O)c1O. The van der Waals surface area contributed by atoms with Gasteiger partial charge in [0.25, 0.3) is 5.56 Å². The molecule has 4 N–H and O–H groups in total. The Bertz CT molecular complexity index is 1110. The van der Waals surface area contributed by atoms with Gasteiger partial charge in [0.1, 0.15) is 5.75 Å². The summed E-state index contributed by atoms with van der Waals surface area (Å²) in [4.78, 5) is 25.9. The number of pyridine rings is 1. The van der Waals surface area contributed by atoms with Crippen LogP contribution in [0.4, 0.5) is 4.39 Å². The van der Waals surface area contributed by atoms with E-state index in [4.69, 9.17) is 5.11 Å². The number of nitrogens with zero attached hydrogens (tertiary/aromatic N) is 1. The fraction of sp³-hybridized carbons (Fsp3) is 0.263. The number of halogens is 1. The molecule has 3 rings (SSSR count). The van der Waals surface area contributed by atoms with Crippen molar-refractivity contribution in [2.24, 2.45) is 7.05 Å². The first-order valence-corrected chi connectivity index (χ1v) is 8.44. The van der Waals surface area contributed by atoms with Crippen LogP contribution in [-0.4, -0.2) is 32.8 Å². The zero-order chi connectivity index (χ0) is 19.9. The Balaban J connectivity index is 2.28. The molecule has 0 aliphatic rings. The van der Waals surface area contributed by atoms with Crippen LogP contribution in [0.1, 0.15) is 28.5 Å². The van der Waals surface area contributed by atoms with Crippen LogP contribution >= 0.6 is 0 Å². The summed E-state index contributed by atoms with van der Waals surface area (Å²) in [5.41, 5.74) is 0.648. The van der Waals surface area contributed by atoms with Gasteiger partial charge in [-0.2, -0.15) is 0 Å². The molecule has 2 heterocycles. The van der Waals surface area contributed by atoms with E-state index in [2.05, 4.69) is 10.3 Å². The van der Waals surface area contributed by atoms with E-state index in [0.717, 1.165) is 0 Å². The van der Waals surface area contributed by atoms with Gasteiger partial charge >= 0.3 is 5.97 Å². The van der Waals surface area contributed by atoms with E-state index in [1.165, 1.54) is 0 Å².